The normalized spacial score (nSPS) is 23.5. The lowest BCUT2D eigenvalue weighted by molar-refractivity contribution is -0.0644. The van der Waals surface area contributed by atoms with Crippen molar-refractivity contribution in [1.82, 2.24) is 15.5 Å². The number of nitrogens with zero attached hydrogens (tertiary/aromatic N) is 1. The van der Waals surface area contributed by atoms with Gasteiger partial charge in [0.2, 0.25) is 0 Å². The summed E-state index contributed by atoms with van der Waals surface area (Å²) in [5.41, 5.74) is 3.29. The first-order valence-corrected chi connectivity index (χ1v) is 13.2. The van der Waals surface area contributed by atoms with E-state index in [0.29, 0.717) is 24.7 Å². The number of carbonyl (C=O) groups excluding carboxylic acids is 1. The zero-order chi connectivity index (χ0) is 25.0. The molecule has 3 atom stereocenters. The van der Waals surface area contributed by atoms with E-state index in [2.05, 4.69) is 53.6 Å². The second kappa shape index (κ2) is 11.1. The lowest BCUT2D eigenvalue weighted by Crippen LogP contribution is -2.52. The standard InChI is InChI=1S/C29H41N3O3/c1-5-20-9-11-21(12-10-20)15-16-30-26-24-18-22(13-14-25(24)35-29(3,4)27(26)33)28(34)31-19-23-8-7-17-32(23)6-2/h9-14,18,23,26-27,30,33H,5-8,15-17,19H2,1-4H3,(H,31,34)/t23?,26-,27+/m1/s1. The zero-order valence-corrected chi connectivity index (χ0v) is 21.6. The number of aliphatic hydroxyl groups excluding tert-OH is 1. The first-order valence-electron chi connectivity index (χ1n) is 13.2. The van der Waals surface area contributed by atoms with Gasteiger partial charge in [0.05, 0.1) is 6.04 Å². The van der Waals surface area contributed by atoms with Gasteiger partial charge in [0.25, 0.3) is 5.91 Å². The number of rotatable bonds is 9. The molecule has 190 valence electrons. The van der Waals surface area contributed by atoms with E-state index in [4.69, 9.17) is 4.74 Å². The van der Waals surface area contributed by atoms with Crippen LogP contribution in [0, 0.1) is 0 Å². The number of nitrogens with one attached hydrogen (secondary N) is 2. The summed E-state index contributed by atoms with van der Waals surface area (Å²) >= 11 is 0. The van der Waals surface area contributed by atoms with E-state index in [1.165, 1.54) is 17.5 Å². The Kier molecular flexibility index (Phi) is 8.15. The quantitative estimate of drug-likeness (QED) is 0.509. The first-order chi connectivity index (χ1) is 16.8. The molecule has 2 heterocycles. The predicted molar refractivity (Wildman–Crippen MR) is 140 cm³/mol. The Morgan fingerprint density at radius 2 is 1.89 bits per heavy atom. The molecule has 4 rings (SSSR count). The number of hydrogen-bond acceptors (Lipinski definition) is 5. The number of likely N-dealkylation sites (tertiary alicyclic amines) is 1. The lowest BCUT2D eigenvalue weighted by Gasteiger charge is -2.42. The maximum absolute atomic E-state index is 13.0. The number of hydrogen-bond donors (Lipinski definition) is 3. The summed E-state index contributed by atoms with van der Waals surface area (Å²) in [4.78, 5) is 15.4. The molecule has 3 N–H and O–H groups in total. The molecular weight excluding hydrogens is 438 g/mol. The second-order valence-electron chi connectivity index (χ2n) is 10.4. The van der Waals surface area contributed by atoms with Crippen LogP contribution in [0.25, 0.3) is 0 Å². The molecule has 0 aromatic heterocycles. The minimum Gasteiger partial charge on any atom is -0.485 e. The van der Waals surface area contributed by atoms with E-state index in [-0.39, 0.29) is 11.9 Å². The molecular formula is C29H41N3O3. The fourth-order valence-electron chi connectivity index (χ4n) is 5.33. The van der Waals surface area contributed by atoms with Crippen LogP contribution in [0.4, 0.5) is 0 Å². The van der Waals surface area contributed by atoms with Gasteiger partial charge in [-0.15, -0.1) is 0 Å². The van der Waals surface area contributed by atoms with Gasteiger partial charge in [-0.1, -0.05) is 38.1 Å². The summed E-state index contributed by atoms with van der Waals surface area (Å²) in [6.45, 7) is 11.6. The van der Waals surface area contributed by atoms with Crippen molar-refractivity contribution in [2.45, 2.75) is 77.2 Å². The Bertz CT molecular complexity index is 1000. The van der Waals surface area contributed by atoms with Crippen molar-refractivity contribution in [3.05, 3.63) is 64.7 Å². The van der Waals surface area contributed by atoms with E-state index < -0.39 is 11.7 Å². The molecule has 1 unspecified atom stereocenters. The van der Waals surface area contributed by atoms with E-state index in [1.807, 2.05) is 32.0 Å². The monoisotopic (exact) mass is 479 g/mol. The molecule has 6 nitrogen and oxygen atoms in total. The fraction of sp³-hybridized carbons (Fsp3) is 0.552. The van der Waals surface area contributed by atoms with Gasteiger partial charge in [-0.05, 0) is 88.5 Å². The molecule has 2 aromatic rings. The van der Waals surface area contributed by atoms with Crippen molar-refractivity contribution >= 4 is 5.91 Å². The van der Waals surface area contributed by atoms with Crippen molar-refractivity contribution in [2.24, 2.45) is 0 Å². The largest absolute Gasteiger partial charge is 0.485 e. The summed E-state index contributed by atoms with van der Waals surface area (Å²) < 4.78 is 6.13. The van der Waals surface area contributed by atoms with Crippen LogP contribution >= 0.6 is 0 Å². The predicted octanol–water partition coefficient (Wildman–Crippen LogP) is 3.87. The average molecular weight is 480 g/mol. The Morgan fingerprint density at radius 1 is 1.14 bits per heavy atom. The highest BCUT2D eigenvalue weighted by molar-refractivity contribution is 5.94. The minimum absolute atomic E-state index is 0.0789. The molecule has 1 amide bonds. The van der Waals surface area contributed by atoms with Gasteiger partial charge in [-0.3, -0.25) is 9.69 Å². The number of aryl methyl sites for hydroxylation is 1. The molecule has 2 aromatic carbocycles. The average Bonchev–Trinajstić information content (AvgIpc) is 3.32. The second-order valence-corrected chi connectivity index (χ2v) is 10.4. The number of benzene rings is 2. The Morgan fingerprint density at radius 3 is 2.60 bits per heavy atom. The summed E-state index contributed by atoms with van der Waals surface area (Å²) in [5, 5.41) is 17.8. The van der Waals surface area contributed by atoms with Crippen LogP contribution in [0.1, 0.15) is 73.6 Å². The Hall–Kier alpha value is -2.41. The number of likely N-dealkylation sites (N-methyl/N-ethyl adjacent to an activating group) is 1. The van der Waals surface area contributed by atoms with Gasteiger partial charge < -0.3 is 20.5 Å². The van der Waals surface area contributed by atoms with E-state index in [0.717, 1.165) is 43.7 Å². The van der Waals surface area contributed by atoms with Crippen LogP contribution in [-0.2, 0) is 12.8 Å². The number of aliphatic hydroxyl groups is 1. The molecule has 1 saturated heterocycles. The SMILES string of the molecule is CCc1ccc(CCN[C@@H]2c3cc(C(=O)NCC4CCCN4CC)ccc3OC(C)(C)[C@H]2O)cc1. The van der Waals surface area contributed by atoms with E-state index >= 15 is 0 Å². The molecule has 0 aliphatic carbocycles. The number of amides is 1. The maximum atomic E-state index is 13.0. The van der Waals surface area contributed by atoms with Gasteiger partial charge in [0, 0.05) is 23.7 Å². The van der Waals surface area contributed by atoms with Crippen LogP contribution in [0.3, 0.4) is 0 Å². The van der Waals surface area contributed by atoms with Gasteiger partial charge >= 0.3 is 0 Å². The van der Waals surface area contributed by atoms with Crippen molar-refractivity contribution in [3.8, 4) is 5.75 Å². The lowest BCUT2D eigenvalue weighted by atomic mass is 9.85. The van der Waals surface area contributed by atoms with Crippen LogP contribution < -0.4 is 15.4 Å². The Labute approximate surface area is 210 Å². The molecule has 1 fully saturated rings. The third kappa shape index (κ3) is 5.88. The zero-order valence-electron chi connectivity index (χ0n) is 21.6. The van der Waals surface area contributed by atoms with E-state index in [1.54, 1.807) is 0 Å². The summed E-state index contributed by atoms with van der Waals surface area (Å²) in [7, 11) is 0. The topological polar surface area (TPSA) is 73.8 Å². The van der Waals surface area contributed by atoms with Gasteiger partial charge in [0.1, 0.15) is 17.5 Å². The number of fused-ring (bicyclic) bond motifs is 1. The highest BCUT2D eigenvalue weighted by atomic mass is 16.5. The maximum Gasteiger partial charge on any atom is 0.251 e. The van der Waals surface area contributed by atoms with Gasteiger partial charge in [-0.2, -0.15) is 0 Å². The Balaban J connectivity index is 1.45. The molecule has 2 aliphatic rings. The number of ether oxygens (including phenoxy) is 1. The summed E-state index contributed by atoms with van der Waals surface area (Å²) in [5.74, 6) is 0.638. The third-order valence-electron chi connectivity index (χ3n) is 7.62. The van der Waals surface area contributed by atoms with Crippen molar-refractivity contribution < 1.29 is 14.6 Å². The number of carbonyl (C=O) groups is 1. The van der Waals surface area contributed by atoms with Crippen LogP contribution in [-0.4, -0.2) is 59.8 Å². The molecule has 0 spiro atoms. The molecule has 0 saturated carbocycles. The highest BCUT2D eigenvalue weighted by Crippen LogP contribution is 2.40. The summed E-state index contributed by atoms with van der Waals surface area (Å²) in [6.07, 6.45) is 3.47. The van der Waals surface area contributed by atoms with Crippen LogP contribution in [0.5, 0.6) is 5.75 Å². The van der Waals surface area contributed by atoms with E-state index in [9.17, 15) is 9.90 Å². The molecule has 35 heavy (non-hydrogen) atoms. The third-order valence-corrected chi connectivity index (χ3v) is 7.62. The molecule has 0 radical (unpaired) electrons. The fourth-order valence-corrected chi connectivity index (χ4v) is 5.33. The first kappa shape index (κ1) is 25.7. The molecule has 2 aliphatic heterocycles. The summed E-state index contributed by atoms with van der Waals surface area (Å²) in [6, 6.07) is 14.3. The van der Waals surface area contributed by atoms with Crippen molar-refractivity contribution in [2.75, 3.05) is 26.2 Å². The smallest absolute Gasteiger partial charge is 0.251 e. The highest BCUT2D eigenvalue weighted by Gasteiger charge is 2.42. The van der Waals surface area contributed by atoms with Crippen LogP contribution in [0.2, 0.25) is 0 Å². The molecule has 6 heteroatoms. The van der Waals surface area contributed by atoms with Gasteiger partial charge in [-0.25, -0.2) is 0 Å². The van der Waals surface area contributed by atoms with Crippen LogP contribution in [0.15, 0.2) is 42.5 Å². The minimum atomic E-state index is -0.743. The van der Waals surface area contributed by atoms with Crippen molar-refractivity contribution in [3.63, 3.8) is 0 Å². The molecule has 0 bridgehead atoms. The van der Waals surface area contributed by atoms with Crippen molar-refractivity contribution in [1.29, 1.82) is 0 Å². The van der Waals surface area contributed by atoms with Gasteiger partial charge in [0.15, 0.2) is 0 Å².